The predicted molar refractivity (Wildman–Crippen MR) is 111 cm³/mol. The lowest BCUT2D eigenvalue weighted by atomic mass is 9.97. The summed E-state index contributed by atoms with van der Waals surface area (Å²) < 4.78 is 0. The maximum absolute atomic E-state index is 4.48. The second-order valence-electron chi connectivity index (χ2n) is 6.53. The average Bonchev–Trinajstić information content (AvgIpc) is 3.12. The minimum absolute atomic E-state index is 0. The summed E-state index contributed by atoms with van der Waals surface area (Å²) in [5.41, 5.74) is 0. The molecule has 2 rings (SSSR count). The summed E-state index contributed by atoms with van der Waals surface area (Å²) in [5.74, 6) is 2.67. The maximum Gasteiger partial charge on any atom is 0.193 e. The molecule has 1 aromatic rings. The van der Waals surface area contributed by atoms with Crippen LogP contribution in [0.25, 0.3) is 0 Å². The third kappa shape index (κ3) is 6.57. The molecule has 6 heteroatoms. The van der Waals surface area contributed by atoms with E-state index >= 15 is 0 Å². The number of aliphatic imine (C=N–C) groups is 1. The fourth-order valence-corrected chi connectivity index (χ4v) is 3.99. The van der Waals surface area contributed by atoms with Crippen molar-refractivity contribution in [3.63, 3.8) is 0 Å². The van der Waals surface area contributed by atoms with Gasteiger partial charge in [0.05, 0.1) is 5.01 Å². The fraction of sp³-hybridized carbons (Fsp3) is 0.765. The highest BCUT2D eigenvalue weighted by molar-refractivity contribution is 14.0. The number of guanidine groups is 1. The zero-order chi connectivity index (χ0) is 15.9. The summed E-state index contributed by atoms with van der Waals surface area (Å²) in [6.07, 6.45) is 6.69. The largest absolute Gasteiger partial charge is 0.356 e. The molecule has 0 saturated carbocycles. The van der Waals surface area contributed by atoms with E-state index in [2.05, 4.69) is 41.0 Å². The van der Waals surface area contributed by atoms with E-state index < -0.39 is 0 Å². The second-order valence-corrected chi connectivity index (χ2v) is 7.73. The van der Waals surface area contributed by atoms with E-state index in [0.29, 0.717) is 0 Å². The molecule has 0 amide bonds. The quantitative estimate of drug-likeness (QED) is 0.407. The number of hydrogen-bond acceptors (Lipinski definition) is 3. The number of likely N-dealkylation sites (tertiary alicyclic amines) is 1. The van der Waals surface area contributed by atoms with Crippen molar-refractivity contribution in [3.05, 3.63) is 16.1 Å². The van der Waals surface area contributed by atoms with Crippen LogP contribution in [-0.2, 0) is 12.8 Å². The van der Waals surface area contributed by atoms with E-state index in [1.54, 1.807) is 0 Å². The lowest BCUT2D eigenvalue weighted by molar-refractivity contribution is 0.404. The number of thiazole rings is 1. The van der Waals surface area contributed by atoms with Gasteiger partial charge in [-0.2, -0.15) is 0 Å². The molecule has 0 bridgehead atoms. The van der Waals surface area contributed by atoms with Gasteiger partial charge in [-0.05, 0) is 31.1 Å². The van der Waals surface area contributed by atoms with Gasteiger partial charge in [-0.1, -0.05) is 20.8 Å². The molecule has 0 aliphatic carbocycles. The van der Waals surface area contributed by atoms with Crippen molar-refractivity contribution < 1.29 is 0 Å². The van der Waals surface area contributed by atoms with Crippen molar-refractivity contribution in [1.29, 1.82) is 0 Å². The summed E-state index contributed by atoms with van der Waals surface area (Å²) in [6, 6.07) is 0. The van der Waals surface area contributed by atoms with Gasteiger partial charge in [0.25, 0.3) is 0 Å². The van der Waals surface area contributed by atoms with E-state index in [1.807, 2.05) is 24.6 Å². The number of halogens is 1. The lowest BCUT2D eigenvalue weighted by Crippen LogP contribution is -2.40. The third-order valence-electron chi connectivity index (χ3n) is 4.17. The first kappa shape index (κ1) is 20.7. The van der Waals surface area contributed by atoms with Crippen LogP contribution in [0.15, 0.2) is 11.2 Å². The molecule has 1 saturated heterocycles. The van der Waals surface area contributed by atoms with E-state index in [0.717, 1.165) is 50.3 Å². The highest BCUT2D eigenvalue weighted by Gasteiger charge is 2.25. The Labute approximate surface area is 162 Å². The highest BCUT2D eigenvalue weighted by Crippen LogP contribution is 2.23. The Hall–Kier alpha value is -0.370. The smallest absolute Gasteiger partial charge is 0.193 e. The summed E-state index contributed by atoms with van der Waals surface area (Å²) in [5, 5.41) is 4.72. The Balaban J connectivity index is 0.00000264. The molecule has 0 radical (unpaired) electrons. The molecule has 1 aliphatic heterocycles. The molecular weight excluding hydrogens is 419 g/mol. The topological polar surface area (TPSA) is 40.5 Å². The van der Waals surface area contributed by atoms with Gasteiger partial charge in [0.2, 0.25) is 0 Å². The molecule has 1 aromatic heterocycles. The summed E-state index contributed by atoms with van der Waals surface area (Å²) in [4.78, 5) is 12.7. The Morgan fingerprint density at radius 2 is 2.30 bits per heavy atom. The van der Waals surface area contributed by atoms with Gasteiger partial charge in [-0.3, -0.25) is 4.99 Å². The van der Waals surface area contributed by atoms with Crippen LogP contribution in [0.5, 0.6) is 0 Å². The van der Waals surface area contributed by atoms with Gasteiger partial charge < -0.3 is 10.2 Å². The Morgan fingerprint density at radius 3 is 2.91 bits per heavy atom. The predicted octanol–water partition coefficient (Wildman–Crippen LogP) is 3.81. The van der Waals surface area contributed by atoms with Crippen molar-refractivity contribution in [1.82, 2.24) is 15.2 Å². The van der Waals surface area contributed by atoms with Crippen LogP contribution < -0.4 is 5.32 Å². The molecule has 0 aromatic carbocycles. The van der Waals surface area contributed by atoms with Gasteiger partial charge >= 0.3 is 0 Å². The van der Waals surface area contributed by atoms with Crippen molar-refractivity contribution >= 4 is 41.3 Å². The summed E-state index contributed by atoms with van der Waals surface area (Å²) in [6.45, 7) is 10.00. The van der Waals surface area contributed by atoms with Crippen LogP contribution >= 0.6 is 35.3 Å². The molecular formula is C17H31IN4S. The average molecular weight is 450 g/mol. The third-order valence-corrected chi connectivity index (χ3v) is 5.38. The number of hydrogen-bond donors (Lipinski definition) is 1. The first-order valence-corrected chi connectivity index (χ1v) is 9.33. The van der Waals surface area contributed by atoms with E-state index in [4.69, 9.17) is 0 Å². The number of aromatic nitrogens is 1. The maximum atomic E-state index is 4.48. The van der Waals surface area contributed by atoms with Crippen LogP contribution in [-0.4, -0.2) is 42.5 Å². The van der Waals surface area contributed by atoms with E-state index in [-0.39, 0.29) is 24.0 Å². The molecule has 132 valence electrons. The lowest BCUT2D eigenvalue weighted by Gasteiger charge is -2.22. The molecule has 1 N–H and O–H groups in total. The molecule has 4 nitrogen and oxygen atoms in total. The zero-order valence-electron chi connectivity index (χ0n) is 14.8. The highest BCUT2D eigenvalue weighted by atomic mass is 127. The van der Waals surface area contributed by atoms with Crippen LogP contribution in [0.2, 0.25) is 0 Å². The molecule has 1 fully saturated rings. The molecule has 23 heavy (non-hydrogen) atoms. The number of aryl methyl sites for hydroxylation is 1. The number of rotatable bonds is 6. The van der Waals surface area contributed by atoms with Gasteiger partial charge in [-0.15, -0.1) is 35.3 Å². The second kappa shape index (κ2) is 10.5. The Kier molecular flexibility index (Phi) is 9.43. The van der Waals surface area contributed by atoms with E-state index in [1.165, 1.54) is 22.7 Å². The Bertz CT molecular complexity index is 487. The fourth-order valence-electron chi connectivity index (χ4n) is 3.12. The van der Waals surface area contributed by atoms with Gasteiger partial charge in [0.15, 0.2) is 5.96 Å². The summed E-state index contributed by atoms with van der Waals surface area (Å²) in [7, 11) is 1.89. The minimum atomic E-state index is 0. The van der Waals surface area contributed by atoms with Crippen molar-refractivity contribution in [2.45, 2.75) is 46.5 Å². The van der Waals surface area contributed by atoms with Crippen LogP contribution in [0.4, 0.5) is 0 Å². The first-order chi connectivity index (χ1) is 10.6. The van der Waals surface area contributed by atoms with Crippen molar-refractivity contribution in [3.8, 4) is 0 Å². The SMILES string of the molecule is CCc1cnc(CCNC(=NC)N2CCC(CC(C)C)C2)s1.I. The standard InChI is InChI=1S/C17H30N4S.HI/c1-5-15-11-20-16(22-15)6-8-19-17(18-4)21-9-7-14(12-21)10-13(2)3;/h11,13-14H,5-10,12H2,1-4H3,(H,18,19);1H. The van der Waals surface area contributed by atoms with E-state index in [9.17, 15) is 0 Å². The van der Waals surface area contributed by atoms with Crippen LogP contribution in [0.1, 0.15) is 43.5 Å². The van der Waals surface area contributed by atoms with Gasteiger partial charge in [0.1, 0.15) is 0 Å². The summed E-state index contributed by atoms with van der Waals surface area (Å²) >= 11 is 1.83. The van der Waals surface area contributed by atoms with Gasteiger partial charge in [0, 0.05) is 44.2 Å². The van der Waals surface area contributed by atoms with Crippen molar-refractivity contribution in [2.75, 3.05) is 26.7 Å². The molecule has 1 atom stereocenters. The first-order valence-electron chi connectivity index (χ1n) is 8.51. The zero-order valence-corrected chi connectivity index (χ0v) is 18.0. The molecule has 1 unspecified atom stereocenters. The minimum Gasteiger partial charge on any atom is -0.356 e. The van der Waals surface area contributed by atoms with Crippen LogP contribution in [0.3, 0.4) is 0 Å². The molecule has 1 aliphatic rings. The van der Waals surface area contributed by atoms with Crippen molar-refractivity contribution in [2.24, 2.45) is 16.8 Å². The monoisotopic (exact) mass is 450 g/mol. The molecule has 0 spiro atoms. The molecule has 2 heterocycles. The normalized spacial score (nSPS) is 18.4. The number of nitrogens with one attached hydrogen (secondary N) is 1. The van der Waals surface area contributed by atoms with Gasteiger partial charge in [-0.25, -0.2) is 4.98 Å². The number of nitrogens with zero attached hydrogens (tertiary/aromatic N) is 3. The Morgan fingerprint density at radius 1 is 1.52 bits per heavy atom. The van der Waals surface area contributed by atoms with Crippen LogP contribution in [0, 0.1) is 11.8 Å².